The molecule has 0 bridgehead atoms. The lowest BCUT2D eigenvalue weighted by molar-refractivity contribution is 0.0492. The topological polar surface area (TPSA) is 21.3 Å². The van der Waals surface area contributed by atoms with Gasteiger partial charge in [0, 0.05) is 18.2 Å². The van der Waals surface area contributed by atoms with Gasteiger partial charge in [0.05, 0.1) is 10.6 Å². The van der Waals surface area contributed by atoms with Gasteiger partial charge in [-0.05, 0) is 55.4 Å². The van der Waals surface area contributed by atoms with Gasteiger partial charge in [0.15, 0.2) is 0 Å². The van der Waals surface area contributed by atoms with Gasteiger partial charge >= 0.3 is 0 Å². The minimum absolute atomic E-state index is 0.0790. The van der Waals surface area contributed by atoms with E-state index in [1.807, 2.05) is 13.8 Å². The van der Waals surface area contributed by atoms with E-state index in [9.17, 15) is 8.78 Å². The molecule has 0 fully saturated rings. The van der Waals surface area contributed by atoms with Crippen molar-refractivity contribution >= 4 is 15.9 Å². The van der Waals surface area contributed by atoms with Crippen LogP contribution in [0.5, 0.6) is 0 Å². The van der Waals surface area contributed by atoms with Crippen LogP contribution in [0.2, 0.25) is 0 Å². The van der Waals surface area contributed by atoms with E-state index in [0.717, 1.165) is 0 Å². The zero-order valence-electron chi connectivity index (χ0n) is 10.8. The van der Waals surface area contributed by atoms with E-state index in [-0.39, 0.29) is 28.6 Å². The molecule has 0 aliphatic carbocycles. The Morgan fingerprint density at radius 2 is 2.06 bits per heavy atom. The second kappa shape index (κ2) is 7.16. The van der Waals surface area contributed by atoms with Crippen molar-refractivity contribution < 1.29 is 13.5 Å². The Morgan fingerprint density at radius 1 is 1.39 bits per heavy atom. The van der Waals surface area contributed by atoms with E-state index < -0.39 is 11.6 Å². The van der Waals surface area contributed by atoms with Crippen molar-refractivity contribution in [3.63, 3.8) is 0 Å². The average Bonchev–Trinajstić information content (AvgIpc) is 2.34. The molecule has 1 rings (SSSR count). The molecule has 0 aromatic heterocycles. The summed E-state index contributed by atoms with van der Waals surface area (Å²) < 4.78 is 33.2. The Balaban J connectivity index is 2.91. The van der Waals surface area contributed by atoms with E-state index >= 15 is 0 Å². The van der Waals surface area contributed by atoms with Gasteiger partial charge in [-0.3, -0.25) is 0 Å². The molecule has 0 saturated heterocycles. The SMILES string of the molecule is CCOC(C)C(Cc1c(F)ccc(Br)c1F)NC. The molecule has 0 amide bonds. The number of halogens is 3. The lowest BCUT2D eigenvalue weighted by Gasteiger charge is -2.24. The molecule has 0 aliphatic heterocycles. The van der Waals surface area contributed by atoms with Gasteiger partial charge < -0.3 is 10.1 Å². The summed E-state index contributed by atoms with van der Waals surface area (Å²) in [5, 5.41) is 3.04. The molecule has 2 atom stereocenters. The monoisotopic (exact) mass is 321 g/mol. The lowest BCUT2D eigenvalue weighted by atomic mass is 10.0. The number of hydrogen-bond acceptors (Lipinski definition) is 2. The Kier molecular flexibility index (Phi) is 6.18. The van der Waals surface area contributed by atoms with Crippen LogP contribution in [0.25, 0.3) is 0 Å². The molecule has 1 aromatic rings. The molecule has 0 spiro atoms. The fraction of sp³-hybridized carbons (Fsp3) is 0.538. The van der Waals surface area contributed by atoms with Crippen LogP contribution in [0.1, 0.15) is 19.4 Å². The van der Waals surface area contributed by atoms with Gasteiger partial charge in [-0.1, -0.05) is 0 Å². The fourth-order valence-corrected chi connectivity index (χ4v) is 2.23. The molecule has 2 unspecified atom stereocenters. The predicted octanol–water partition coefficient (Wildman–Crippen LogP) is 3.28. The summed E-state index contributed by atoms with van der Waals surface area (Å²) in [5.41, 5.74) is 0.0790. The zero-order valence-corrected chi connectivity index (χ0v) is 12.4. The fourth-order valence-electron chi connectivity index (χ4n) is 1.86. The highest BCUT2D eigenvalue weighted by molar-refractivity contribution is 9.10. The molecule has 5 heteroatoms. The highest BCUT2D eigenvalue weighted by Crippen LogP contribution is 2.23. The number of nitrogens with one attached hydrogen (secondary N) is 1. The van der Waals surface area contributed by atoms with Crippen molar-refractivity contribution in [3.05, 3.63) is 33.8 Å². The van der Waals surface area contributed by atoms with Gasteiger partial charge in [-0.2, -0.15) is 0 Å². The normalized spacial score (nSPS) is 14.6. The first-order chi connectivity index (χ1) is 8.51. The first kappa shape index (κ1) is 15.5. The summed E-state index contributed by atoms with van der Waals surface area (Å²) in [6.45, 7) is 4.35. The predicted molar refractivity (Wildman–Crippen MR) is 71.7 cm³/mol. The smallest absolute Gasteiger partial charge is 0.143 e. The highest BCUT2D eigenvalue weighted by atomic mass is 79.9. The maximum atomic E-state index is 13.9. The lowest BCUT2D eigenvalue weighted by Crippen LogP contribution is -2.39. The first-order valence-corrected chi connectivity index (χ1v) is 6.71. The zero-order chi connectivity index (χ0) is 13.7. The van der Waals surface area contributed by atoms with E-state index in [4.69, 9.17) is 4.74 Å². The van der Waals surface area contributed by atoms with Gasteiger partial charge in [0.25, 0.3) is 0 Å². The minimum Gasteiger partial charge on any atom is -0.377 e. The van der Waals surface area contributed by atoms with E-state index in [2.05, 4.69) is 21.2 Å². The van der Waals surface area contributed by atoms with Crippen molar-refractivity contribution in [2.24, 2.45) is 0 Å². The largest absolute Gasteiger partial charge is 0.377 e. The quantitative estimate of drug-likeness (QED) is 0.812. The van der Waals surface area contributed by atoms with Crippen LogP contribution < -0.4 is 5.32 Å². The van der Waals surface area contributed by atoms with Crippen molar-refractivity contribution in [1.29, 1.82) is 0 Å². The molecule has 1 aromatic carbocycles. The molecular weight excluding hydrogens is 304 g/mol. The molecule has 1 N–H and O–H groups in total. The van der Waals surface area contributed by atoms with Gasteiger partial charge in [-0.15, -0.1) is 0 Å². The van der Waals surface area contributed by atoms with E-state index in [1.54, 1.807) is 7.05 Å². The molecule has 102 valence electrons. The summed E-state index contributed by atoms with van der Waals surface area (Å²) in [6.07, 6.45) is 0.132. The second-order valence-corrected chi connectivity index (χ2v) is 4.94. The van der Waals surface area contributed by atoms with Gasteiger partial charge in [-0.25, -0.2) is 8.78 Å². The molecule has 2 nitrogen and oxygen atoms in total. The van der Waals surface area contributed by atoms with Crippen molar-refractivity contribution in [2.75, 3.05) is 13.7 Å². The van der Waals surface area contributed by atoms with Crippen molar-refractivity contribution in [3.8, 4) is 0 Å². The molecule has 0 saturated carbocycles. The maximum Gasteiger partial charge on any atom is 0.143 e. The van der Waals surface area contributed by atoms with Crippen LogP contribution in [0.3, 0.4) is 0 Å². The van der Waals surface area contributed by atoms with Crippen LogP contribution >= 0.6 is 15.9 Å². The molecule has 18 heavy (non-hydrogen) atoms. The van der Waals surface area contributed by atoms with Crippen molar-refractivity contribution in [1.82, 2.24) is 5.32 Å². The summed E-state index contributed by atoms with van der Waals surface area (Å²) in [4.78, 5) is 0. The Hall–Kier alpha value is -0.520. The Morgan fingerprint density at radius 3 is 2.61 bits per heavy atom. The maximum absolute atomic E-state index is 13.9. The number of rotatable bonds is 6. The van der Waals surface area contributed by atoms with E-state index in [0.29, 0.717) is 6.61 Å². The van der Waals surface area contributed by atoms with Gasteiger partial charge in [0.1, 0.15) is 11.6 Å². The third-order valence-corrected chi connectivity index (χ3v) is 3.54. The van der Waals surface area contributed by atoms with Crippen LogP contribution in [0.4, 0.5) is 8.78 Å². The summed E-state index contributed by atoms with van der Waals surface area (Å²) in [6, 6.07) is 2.50. The van der Waals surface area contributed by atoms with Crippen LogP contribution in [0, 0.1) is 11.6 Å². The van der Waals surface area contributed by atoms with Crippen LogP contribution in [-0.2, 0) is 11.2 Å². The number of likely N-dealkylation sites (N-methyl/N-ethyl adjacent to an activating group) is 1. The minimum atomic E-state index is -0.543. The Labute approximate surface area is 115 Å². The van der Waals surface area contributed by atoms with Crippen LogP contribution in [0.15, 0.2) is 16.6 Å². The molecule has 0 aliphatic rings. The number of hydrogen-bond donors (Lipinski definition) is 1. The number of benzene rings is 1. The third kappa shape index (κ3) is 3.73. The first-order valence-electron chi connectivity index (χ1n) is 5.92. The average molecular weight is 322 g/mol. The van der Waals surface area contributed by atoms with Gasteiger partial charge in [0.2, 0.25) is 0 Å². The standard InChI is InChI=1S/C13H18BrF2NO/c1-4-18-8(2)12(17-3)7-9-11(15)6-5-10(14)13(9)16/h5-6,8,12,17H,4,7H2,1-3H3. The molecule has 0 heterocycles. The Bertz CT molecular complexity index is 401. The highest BCUT2D eigenvalue weighted by Gasteiger charge is 2.21. The summed E-state index contributed by atoms with van der Waals surface area (Å²) in [5.74, 6) is -1.07. The summed E-state index contributed by atoms with van der Waals surface area (Å²) in [7, 11) is 1.76. The summed E-state index contributed by atoms with van der Waals surface area (Å²) >= 11 is 3.07. The molecule has 0 radical (unpaired) electrons. The van der Waals surface area contributed by atoms with Crippen molar-refractivity contribution in [2.45, 2.75) is 32.4 Å². The van der Waals surface area contributed by atoms with Crippen LogP contribution in [-0.4, -0.2) is 25.8 Å². The second-order valence-electron chi connectivity index (χ2n) is 4.08. The molecular formula is C13H18BrF2NO. The van der Waals surface area contributed by atoms with E-state index in [1.165, 1.54) is 12.1 Å². The number of ether oxygens (including phenoxy) is 1. The third-order valence-electron chi connectivity index (χ3n) is 2.93.